The zero-order valence-corrected chi connectivity index (χ0v) is 12.6. The van der Waals surface area contributed by atoms with Crippen LogP contribution in [0.5, 0.6) is 0 Å². The summed E-state index contributed by atoms with van der Waals surface area (Å²) >= 11 is 8.61. The summed E-state index contributed by atoms with van der Waals surface area (Å²) in [5.74, 6) is 0. The molecule has 2 unspecified atom stereocenters. The Hall–Kier alpha value is 0.120. The average molecular weight is 335 g/mol. The van der Waals surface area contributed by atoms with Gasteiger partial charge in [0.15, 0.2) is 0 Å². The fourth-order valence-electron chi connectivity index (χ4n) is 1.28. The SMILES string of the molecule is CC(N)C(Sc1nccs1)c1cc(Br)cs1. The van der Waals surface area contributed by atoms with Crippen LogP contribution in [0.3, 0.4) is 0 Å². The van der Waals surface area contributed by atoms with Gasteiger partial charge in [0.2, 0.25) is 0 Å². The zero-order chi connectivity index (χ0) is 11.5. The van der Waals surface area contributed by atoms with E-state index in [2.05, 4.69) is 32.4 Å². The molecule has 2 rings (SSSR count). The average Bonchev–Trinajstić information content (AvgIpc) is 2.84. The summed E-state index contributed by atoms with van der Waals surface area (Å²) in [6, 6.07) is 2.25. The predicted molar refractivity (Wildman–Crippen MR) is 76.4 cm³/mol. The molecular weight excluding hydrogens is 324 g/mol. The van der Waals surface area contributed by atoms with Gasteiger partial charge in [-0.15, -0.1) is 22.7 Å². The highest BCUT2D eigenvalue weighted by Crippen LogP contribution is 2.41. The van der Waals surface area contributed by atoms with Gasteiger partial charge in [-0.2, -0.15) is 0 Å². The van der Waals surface area contributed by atoms with Gasteiger partial charge in [0.25, 0.3) is 0 Å². The summed E-state index contributed by atoms with van der Waals surface area (Å²) in [7, 11) is 0. The normalized spacial score (nSPS) is 14.9. The number of hydrogen-bond donors (Lipinski definition) is 1. The Balaban J connectivity index is 2.18. The maximum absolute atomic E-state index is 6.04. The first-order valence-electron chi connectivity index (χ1n) is 4.72. The van der Waals surface area contributed by atoms with Crippen molar-refractivity contribution in [3.8, 4) is 0 Å². The van der Waals surface area contributed by atoms with Gasteiger partial charge < -0.3 is 5.73 Å². The number of rotatable bonds is 4. The van der Waals surface area contributed by atoms with Crippen LogP contribution in [0.1, 0.15) is 17.1 Å². The largest absolute Gasteiger partial charge is 0.327 e. The molecular formula is C10H11BrN2S3. The number of nitrogens with zero attached hydrogens (tertiary/aromatic N) is 1. The molecule has 2 nitrogen and oxygen atoms in total. The zero-order valence-electron chi connectivity index (χ0n) is 8.59. The van der Waals surface area contributed by atoms with Crippen LogP contribution in [-0.2, 0) is 0 Å². The van der Waals surface area contributed by atoms with Crippen molar-refractivity contribution in [3.63, 3.8) is 0 Å². The molecule has 2 atom stereocenters. The Bertz CT molecular complexity index is 439. The van der Waals surface area contributed by atoms with E-state index in [1.165, 1.54) is 4.88 Å². The van der Waals surface area contributed by atoms with E-state index in [1.54, 1.807) is 34.4 Å². The first-order chi connectivity index (χ1) is 7.66. The van der Waals surface area contributed by atoms with Crippen LogP contribution in [0.2, 0.25) is 0 Å². The quantitative estimate of drug-likeness (QED) is 0.853. The third kappa shape index (κ3) is 3.07. The number of nitrogens with two attached hydrogens (primary N) is 1. The second-order valence-corrected chi connectivity index (χ2v) is 7.50. The number of aromatic nitrogens is 1. The molecule has 2 N–H and O–H groups in total. The smallest absolute Gasteiger partial charge is 0.150 e. The molecule has 0 aliphatic heterocycles. The Morgan fingerprint density at radius 3 is 2.81 bits per heavy atom. The molecule has 0 amide bonds. The molecule has 2 aromatic heterocycles. The minimum Gasteiger partial charge on any atom is -0.327 e. The molecule has 0 fully saturated rings. The molecule has 0 aliphatic carbocycles. The number of thiazole rings is 1. The van der Waals surface area contributed by atoms with E-state index in [1.807, 2.05) is 18.5 Å². The Labute approximate surface area is 115 Å². The number of hydrogen-bond acceptors (Lipinski definition) is 5. The third-order valence-corrected chi connectivity index (χ3v) is 6.30. The molecule has 0 radical (unpaired) electrons. The summed E-state index contributed by atoms with van der Waals surface area (Å²) in [6.45, 7) is 2.04. The molecule has 2 heterocycles. The van der Waals surface area contributed by atoms with Crippen molar-refractivity contribution in [2.24, 2.45) is 5.73 Å². The van der Waals surface area contributed by atoms with E-state index >= 15 is 0 Å². The predicted octanol–water partition coefficient (Wildman–Crippen LogP) is 4.15. The van der Waals surface area contributed by atoms with Gasteiger partial charge in [0.05, 0.1) is 5.25 Å². The van der Waals surface area contributed by atoms with E-state index in [-0.39, 0.29) is 11.3 Å². The molecule has 16 heavy (non-hydrogen) atoms. The second-order valence-electron chi connectivity index (χ2n) is 3.36. The van der Waals surface area contributed by atoms with Crippen molar-refractivity contribution >= 4 is 50.4 Å². The summed E-state index contributed by atoms with van der Waals surface area (Å²) in [6.07, 6.45) is 1.83. The topological polar surface area (TPSA) is 38.9 Å². The van der Waals surface area contributed by atoms with Gasteiger partial charge >= 0.3 is 0 Å². The minimum atomic E-state index is 0.111. The first-order valence-corrected chi connectivity index (χ1v) is 8.15. The fourth-order valence-corrected chi connectivity index (χ4v) is 4.93. The van der Waals surface area contributed by atoms with Gasteiger partial charge in [-0.05, 0) is 28.9 Å². The Morgan fingerprint density at radius 1 is 1.50 bits per heavy atom. The lowest BCUT2D eigenvalue weighted by Crippen LogP contribution is -2.21. The molecule has 2 aromatic rings. The van der Waals surface area contributed by atoms with Crippen molar-refractivity contribution in [2.75, 3.05) is 0 Å². The van der Waals surface area contributed by atoms with Gasteiger partial charge in [-0.25, -0.2) is 4.98 Å². The second kappa shape index (κ2) is 5.64. The van der Waals surface area contributed by atoms with Crippen LogP contribution < -0.4 is 5.73 Å². The highest BCUT2D eigenvalue weighted by molar-refractivity contribution is 9.10. The molecule has 0 saturated heterocycles. The lowest BCUT2D eigenvalue weighted by molar-refractivity contribution is 0.729. The van der Waals surface area contributed by atoms with Crippen LogP contribution in [0.4, 0.5) is 0 Å². The van der Waals surface area contributed by atoms with E-state index < -0.39 is 0 Å². The van der Waals surface area contributed by atoms with E-state index in [4.69, 9.17) is 5.73 Å². The summed E-state index contributed by atoms with van der Waals surface area (Å²) in [5.41, 5.74) is 6.04. The molecule has 0 aliphatic rings. The van der Waals surface area contributed by atoms with Crippen LogP contribution in [0.15, 0.2) is 31.8 Å². The third-order valence-electron chi connectivity index (χ3n) is 1.98. The fraction of sp³-hybridized carbons (Fsp3) is 0.300. The molecule has 0 spiro atoms. The first kappa shape index (κ1) is 12.6. The number of thioether (sulfide) groups is 1. The standard InChI is InChI=1S/C10H11BrN2S3/c1-6(12)9(8-4-7(11)5-15-8)16-10-13-2-3-14-10/h2-6,9H,12H2,1H3. The Morgan fingerprint density at radius 2 is 2.31 bits per heavy atom. The highest BCUT2D eigenvalue weighted by Gasteiger charge is 2.20. The van der Waals surface area contributed by atoms with Crippen molar-refractivity contribution in [2.45, 2.75) is 22.6 Å². The Kier molecular flexibility index (Phi) is 4.43. The van der Waals surface area contributed by atoms with Crippen molar-refractivity contribution < 1.29 is 0 Å². The van der Waals surface area contributed by atoms with Crippen molar-refractivity contribution in [1.82, 2.24) is 4.98 Å². The summed E-state index contributed by atoms with van der Waals surface area (Å²) in [4.78, 5) is 5.58. The minimum absolute atomic E-state index is 0.111. The van der Waals surface area contributed by atoms with Crippen molar-refractivity contribution in [1.29, 1.82) is 0 Å². The van der Waals surface area contributed by atoms with E-state index in [0.29, 0.717) is 0 Å². The highest BCUT2D eigenvalue weighted by atomic mass is 79.9. The molecule has 0 saturated carbocycles. The maximum Gasteiger partial charge on any atom is 0.150 e. The van der Waals surface area contributed by atoms with Crippen molar-refractivity contribution in [3.05, 3.63) is 32.4 Å². The van der Waals surface area contributed by atoms with Gasteiger partial charge in [0, 0.05) is 32.3 Å². The van der Waals surface area contributed by atoms with Gasteiger partial charge in [0.1, 0.15) is 4.34 Å². The van der Waals surface area contributed by atoms with Gasteiger partial charge in [-0.1, -0.05) is 11.8 Å². The molecule has 6 heteroatoms. The van der Waals surface area contributed by atoms with Crippen LogP contribution in [0, 0.1) is 0 Å². The van der Waals surface area contributed by atoms with Gasteiger partial charge in [-0.3, -0.25) is 0 Å². The molecule has 0 bridgehead atoms. The summed E-state index contributed by atoms with van der Waals surface area (Å²) < 4.78 is 2.20. The van der Waals surface area contributed by atoms with E-state index in [9.17, 15) is 0 Å². The molecule has 0 aromatic carbocycles. The van der Waals surface area contributed by atoms with Crippen LogP contribution in [0.25, 0.3) is 0 Å². The maximum atomic E-state index is 6.04. The van der Waals surface area contributed by atoms with Crippen LogP contribution >= 0.6 is 50.4 Å². The summed E-state index contributed by atoms with van der Waals surface area (Å²) in [5, 5.41) is 4.36. The molecule has 86 valence electrons. The number of thiophene rings is 1. The lowest BCUT2D eigenvalue weighted by Gasteiger charge is -2.17. The number of halogens is 1. The lowest BCUT2D eigenvalue weighted by atomic mass is 10.2. The monoisotopic (exact) mass is 334 g/mol. The van der Waals surface area contributed by atoms with E-state index in [0.717, 1.165) is 8.81 Å². The van der Waals surface area contributed by atoms with Crippen LogP contribution in [-0.4, -0.2) is 11.0 Å².